The average Bonchev–Trinajstić information content (AvgIpc) is 3.02. The van der Waals surface area contributed by atoms with Crippen LogP contribution in [0.4, 0.5) is 0 Å². The zero-order chi connectivity index (χ0) is 11.8. The van der Waals surface area contributed by atoms with Gasteiger partial charge in [0.15, 0.2) is 0 Å². The Labute approximate surface area is 97.8 Å². The molecule has 1 aliphatic carbocycles. The third kappa shape index (κ3) is 6.08. The predicted octanol–water partition coefficient (Wildman–Crippen LogP) is 0.653. The molecule has 0 aromatic carbocycles. The lowest BCUT2D eigenvalue weighted by Crippen LogP contribution is -2.37. The molecule has 4 heteroatoms. The van der Waals surface area contributed by atoms with E-state index in [1.807, 2.05) is 0 Å². The third-order valence-electron chi connectivity index (χ3n) is 2.90. The number of hydrogen-bond donors (Lipinski definition) is 3. The molecule has 1 amide bonds. The van der Waals surface area contributed by atoms with Crippen molar-refractivity contribution >= 4 is 5.91 Å². The number of nitrogens with one attached hydrogen (secondary N) is 2. The molecule has 0 spiro atoms. The van der Waals surface area contributed by atoms with Gasteiger partial charge in [0.05, 0.1) is 6.54 Å². The van der Waals surface area contributed by atoms with Gasteiger partial charge in [-0.1, -0.05) is 13.3 Å². The van der Waals surface area contributed by atoms with Gasteiger partial charge in [-0.15, -0.1) is 0 Å². The fourth-order valence-electron chi connectivity index (χ4n) is 1.84. The maximum absolute atomic E-state index is 11.4. The monoisotopic (exact) mass is 228 g/mol. The van der Waals surface area contributed by atoms with Crippen molar-refractivity contribution in [1.82, 2.24) is 10.6 Å². The first-order valence-corrected chi connectivity index (χ1v) is 6.37. The number of hydrogen-bond acceptors (Lipinski definition) is 3. The molecule has 0 saturated heterocycles. The normalized spacial score (nSPS) is 17.1. The van der Waals surface area contributed by atoms with E-state index in [4.69, 9.17) is 5.11 Å². The highest BCUT2D eigenvalue weighted by Gasteiger charge is 2.22. The molecule has 1 saturated carbocycles. The van der Waals surface area contributed by atoms with Gasteiger partial charge in [-0.2, -0.15) is 0 Å². The van der Waals surface area contributed by atoms with Gasteiger partial charge in [0.1, 0.15) is 0 Å². The first kappa shape index (κ1) is 13.5. The largest absolute Gasteiger partial charge is 0.396 e. The van der Waals surface area contributed by atoms with Crippen molar-refractivity contribution < 1.29 is 9.90 Å². The summed E-state index contributed by atoms with van der Waals surface area (Å²) < 4.78 is 0. The third-order valence-corrected chi connectivity index (χ3v) is 2.90. The maximum atomic E-state index is 11.4. The number of amides is 1. The van der Waals surface area contributed by atoms with Gasteiger partial charge in [-0.25, -0.2) is 0 Å². The summed E-state index contributed by atoms with van der Waals surface area (Å²) in [6.45, 7) is 3.61. The molecule has 0 heterocycles. The standard InChI is InChI=1S/C12H24N2O2/c1-2-3-10(6-7-15)8-13-9-12(16)14-11-4-5-11/h10-11,13,15H,2-9H2,1H3,(H,14,16). The minimum Gasteiger partial charge on any atom is -0.396 e. The molecular formula is C12H24N2O2. The molecule has 1 aliphatic rings. The summed E-state index contributed by atoms with van der Waals surface area (Å²) >= 11 is 0. The lowest BCUT2D eigenvalue weighted by atomic mass is 10.0. The highest BCUT2D eigenvalue weighted by Crippen LogP contribution is 2.18. The molecule has 16 heavy (non-hydrogen) atoms. The van der Waals surface area contributed by atoms with E-state index in [9.17, 15) is 4.79 Å². The van der Waals surface area contributed by atoms with Crippen LogP contribution in [0.15, 0.2) is 0 Å². The Morgan fingerprint density at radius 1 is 1.44 bits per heavy atom. The summed E-state index contributed by atoms with van der Waals surface area (Å²) in [5.41, 5.74) is 0. The number of carbonyl (C=O) groups excluding carboxylic acids is 1. The number of aliphatic hydroxyl groups is 1. The molecule has 94 valence electrons. The Balaban J connectivity index is 2.03. The summed E-state index contributed by atoms with van der Waals surface area (Å²) in [5, 5.41) is 15.0. The van der Waals surface area contributed by atoms with Gasteiger partial charge in [0, 0.05) is 12.6 Å². The molecule has 0 bridgehead atoms. The first-order chi connectivity index (χ1) is 7.76. The number of rotatable bonds is 9. The average molecular weight is 228 g/mol. The molecular weight excluding hydrogens is 204 g/mol. The van der Waals surface area contributed by atoms with Gasteiger partial charge in [0.25, 0.3) is 0 Å². The van der Waals surface area contributed by atoms with Gasteiger partial charge in [-0.3, -0.25) is 4.79 Å². The van der Waals surface area contributed by atoms with Gasteiger partial charge < -0.3 is 15.7 Å². The van der Waals surface area contributed by atoms with Crippen LogP contribution in [0.5, 0.6) is 0 Å². The van der Waals surface area contributed by atoms with Crippen LogP contribution in [-0.2, 0) is 4.79 Å². The fourth-order valence-corrected chi connectivity index (χ4v) is 1.84. The maximum Gasteiger partial charge on any atom is 0.234 e. The van der Waals surface area contributed by atoms with Gasteiger partial charge >= 0.3 is 0 Å². The van der Waals surface area contributed by atoms with E-state index in [1.54, 1.807) is 0 Å². The lowest BCUT2D eigenvalue weighted by Gasteiger charge is -2.15. The Morgan fingerprint density at radius 3 is 2.75 bits per heavy atom. The molecule has 1 rings (SSSR count). The summed E-state index contributed by atoms with van der Waals surface area (Å²) in [6.07, 6.45) is 5.33. The van der Waals surface area contributed by atoms with Crippen molar-refractivity contribution in [2.24, 2.45) is 5.92 Å². The molecule has 1 fully saturated rings. The molecule has 3 N–H and O–H groups in total. The van der Waals surface area contributed by atoms with E-state index < -0.39 is 0 Å². The lowest BCUT2D eigenvalue weighted by molar-refractivity contribution is -0.120. The van der Waals surface area contributed by atoms with E-state index >= 15 is 0 Å². The fraction of sp³-hybridized carbons (Fsp3) is 0.917. The van der Waals surface area contributed by atoms with Crippen molar-refractivity contribution in [2.45, 2.75) is 45.1 Å². The molecule has 0 radical (unpaired) electrons. The highest BCUT2D eigenvalue weighted by atomic mass is 16.3. The van der Waals surface area contributed by atoms with Crippen LogP contribution in [0, 0.1) is 5.92 Å². The van der Waals surface area contributed by atoms with Gasteiger partial charge in [-0.05, 0) is 38.1 Å². The quantitative estimate of drug-likeness (QED) is 0.543. The first-order valence-electron chi connectivity index (χ1n) is 6.37. The Hall–Kier alpha value is -0.610. The number of carbonyl (C=O) groups is 1. The van der Waals surface area contributed by atoms with Crippen molar-refractivity contribution in [1.29, 1.82) is 0 Å². The topological polar surface area (TPSA) is 61.4 Å². The molecule has 0 aromatic rings. The summed E-state index contributed by atoms with van der Waals surface area (Å²) in [7, 11) is 0. The predicted molar refractivity (Wildman–Crippen MR) is 64.1 cm³/mol. The van der Waals surface area contributed by atoms with Crippen LogP contribution in [-0.4, -0.2) is 36.8 Å². The molecule has 0 aliphatic heterocycles. The minimum atomic E-state index is 0.0988. The second kappa shape index (κ2) is 7.63. The van der Waals surface area contributed by atoms with Crippen LogP contribution in [0.3, 0.4) is 0 Å². The van der Waals surface area contributed by atoms with E-state index in [0.717, 1.165) is 38.6 Å². The minimum absolute atomic E-state index is 0.0988. The second-order valence-corrected chi connectivity index (χ2v) is 4.64. The zero-order valence-corrected chi connectivity index (χ0v) is 10.2. The van der Waals surface area contributed by atoms with Crippen molar-refractivity contribution in [3.05, 3.63) is 0 Å². The van der Waals surface area contributed by atoms with Crippen molar-refractivity contribution in [2.75, 3.05) is 19.7 Å². The summed E-state index contributed by atoms with van der Waals surface area (Å²) in [6, 6.07) is 0.443. The Kier molecular flexibility index (Phi) is 6.42. The van der Waals surface area contributed by atoms with Crippen LogP contribution in [0.25, 0.3) is 0 Å². The Bertz CT molecular complexity index is 199. The summed E-state index contributed by atoms with van der Waals surface area (Å²) in [4.78, 5) is 11.4. The van der Waals surface area contributed by atoms with Crippen LogP contribution in [0.2, 0.25) is 0 Å². The zero-order valence-electron chi connectivity index (χ0n) is 10.2. The van der Waals surface area contributed by atoms with Crippen molar-refractivity contribution in [3.8, 4) is 0 Å². The molecule has 0 aromatic heterocycles. The highest BCUT2D eigenvalue weighted by molar-refractivity contribution is 5.78. The molecule has 4 nitrogen and oxygen atoms in total. The molecule has 1 atom stereocenters. The van der Waals surface area contributed by atoms with Crippen LogP contribution in [0.1, 0.15) is 39.0 Å². The summed E-state index contributed by atoms with van der Waals surface area (Å²) in [5.74, 6) is 0.588. The van der Waals surface area contributed by atoms with E-state index in [2.05, 4.69) is 17.6 Å². The Morgan fingerprint density at radius 2 is 2.19 bits per heavy atom. The van der Waals surface area contributed by atoms with Gasteiger partial charge in [0.2, 0.25) is 5.91 Å². The van der Waals surface area contributed by atoms with Crippen molar-refractivity contribution in [3.63, 3.8) is 0 Å². The van der Waals surface area contributed by atoms with Crippen LogP contribution >= 0.6 is 0 Å². The number of aliphatic hydroxyl groups excluding tert-OH is 1. The SMILES string of the molecule is CCCC(CCO)CNCC(=O)NC1CC1. The van der Waals surface area contributed by atoms with Crippen LogP contribution < -0.4 is 10.6 Å². The van der Waals surface area contributed by atoms with E-state index in [0.29, 0.717) is 18.5 Å². The second-order valence-electron chi connectivity index (χ2n) is 4.64. The smallest absolute Gasteiger partial charge is 0.234 e. The van der Waals surface area contributed by atoms with E-state index in [1.165, 1.54) is 0 Å². The van der Waals surface area contributed by atoms with E-state index in [-0.39, 0.29) is 12.5 Å². The molecule has 1 unspecified atom stereocenters.